The van der Waals surface area contributed by atoms with Crippen LogP contribution in [0.5, 0.6) is 5.75 Å². The first-order chi connectivity index (χ1) is 7.81. The van der Waals surface area contributed by atoms with Crippen LogP contribution in [0.4, 0.5) is 0 Å². The van der Waals surface area contributed by atoms with Crippen molar-refractivity contribution in [3.63, 3.8) is 0 Å². The van der Waals surface area contributed by atoms with E-state index in [-0.39, 0.29) is 0 Å². The van der Waals surface area contributed by atoms with E-state index >= 15 is 0 Å². The number of benzene rings is 1. The van der Waals surface area contributed by atoms with Crippen LogP contribution >= 0.6 is 15.9 Å². The van der Waals surface area contributed by atoms with Crippen molar-refractivity contribution in [3.8, 4) is 5.75 Å². The minimum Gasteiger partial charge on any atom is -0.496 e. The van der Waals surface area contributed by atoms with Gasteiger partial charge < -0.3 is 9.47 Å². The van der Waals surface area contributed by atoms with Crippen LogP contribution in [0.3, 0.4) is 0 Å². The van der Waals surface area contributed by atoms with Crippen molar-refractivity contribution in [2.24, 2.45) is 5.92 Å². The smallest absolute Gasteiger partial charge is 0.122 e. The van der Waals surface area contributed by atoms with Gasteiger partial charge >= 0.3 is 0 Å². The minimum atomic E-state index is 0.594. The first-order valence-electron chi connectivity index (χ1n) is 5.48. The normalized spacial score (nSPS) is 12.4. The van der Waals surface area contributed by atoms with E-state index in [9.17, 15) is 0 Å². The summed E-state index contributed by atoms with van der Waals surface area (Å²) in [5.74, 6) is 1.57. The third-order valence-corrected chi connectivity index (χ3v) is 3.57. The molecule has 0 saturated heterocycles. The number of halogens is 1. The van der Waals surface area contributed by atoms with Gasteiger partial charge in [0.2, 0.25) is 0 Å². The third-order valence-electron chi connectivity index (χ3n) is 2.65. The van der Waals surface area contributed by atoms with E-state index in [0.717, 1.165) is 30.5 Å². The highest BCUT2D eigenvalue weighted by Gasteiger charge is 2.11. The van der Waals surface area contributed by atoms with E-state index in [1.165, 1.54) is 5.56 Å². The number of alkyl halides is 1. The summed E-state index contributed by atoms with van der Waals surface area (Å²) >= 11 is 3.55. The Morgan fingerprint density at radius 2 is 2.00 bits per heavy atom. The van der Waals surface area contributed by atoms with Gasteiger partial charge in [0, 0.05) is 19.0 Å². The van der Waals surface area contributed by atoms with E-state index in [2.05, 4.69) is 28.1 Å². The van der Waals surface area contributed by atoms with Gasteiger partial charge in [-0.05, 0) is 30.4 Å². The highest BCUT2D eigenvalue weighted by Crippen LogP contribution is 2.23. The Balaban J connectivity index is 2.62. The molecule has 1 aromatic carbocycles. The van der Waals surface area contributed by atoms with E-state index in [1.54, 1.807) is 14.2 Å². The number of para-hydroxylation sites is 1. The molecule has 3 heteroatoms. The molecular formula is C13H19BrO2. The lowest BCUT2D eigenvalue weighted by Crippen LogP contribution is -2.10. The lowest BCUT2D eigenvalue weighted by molar-refractivity contribution is 0.181. The van der Waals surface area contributed by atoms with Crippen LogP contribution in [-0.4, -0.2) is 26.2 Å². The molecule has 2 nitrogen and oxygen atoms in total. The van der Waals surface area contributed by atoms with Gasteiger partial charge in [-0.2, -0.15) is 0 Å². The lowest BCUT2D eigenvalue weighted by atomic mass is 9.98. The van der Waals surface area contributed by atoms with E-state index in [0.29, 0.717) is 5.92 Å². The summed E-state index contributed by atoms with van der Waals surface area (Å²) < 4.78 is 10.5. The van der Waals surface area contributed by atoms with Gasteiger partial charge in [-0.3, -0.25) is 0 Å². The molecule has 0 radical (unpaired) electrons. The number of rotatable bonds is 7. The fraction of sp³-hybridized carbons (Fsp3) is 0.538. The minimum absolute atomic E-state index is 0.594. The molecule has 0 aromatic heterocycles. The van der Waals surface area contributed by atoms with Crippen molar-refractivity contribution < 1.29 is 9.47 Å². The molecule has 0 aliphatic rings. The van der Waals surface area contributed by atoms with Crippen LogP contribution in [-0.2, 0) is 11.2 Å². The summed E-state index contributed by atoms with van der Waals surface area (Å²) in [5.41, 5.74) is 1.27. The number of ether oxygens (including phenoxy) is 2. The first kappa shape index (κ1) is 13.5. The fourth-order valence-electron chi connectivity index (χ4n) is 1.70. The number of methoxy groups -OCH3 is 2. The summed E-state index contributed by atoms with van der Waals surface area (Å²) in [5, 5.41) is 0.994. The predicted molar refractivity (Wildman–Crippen MR) is 70.5 cm³/mol. The van der Waals surface area contributed by atoms with Gasteiger partial charge in [-0.25, -0.2) is 0 Å². The molecule has 0 amide bonds. The molecule has 0 spiro atoms. The quantitative estimate of drug-likeness (QED) is 0.716. The fourth-order valence-corrected chi connectivity index (χ4v) is 2.25. The Hall–Kier alpha value is -0.540. The highest BCUT2D eigenvalue weighted by atomic mass is 79.9. The van der Waals surface area contributed by atoms with Crippen LogP contribution in [0, 0.1) is 5.92 Å². The van der Waals surface area contributed by atoms with Gasteiger partial charge in [-0.1, -0.05) is 34.1 Å². The lowest BCUT2D eigenvalue weighted by Gasteiger charge is -2.15. The molecule has 0 aliphatic carbocycles. The molecule has 0 saturated carbocycles. The van der Waals surface area contributed by atoms with Crippen molar-refractivity contribution in [2.75, 3.05) is 26.2 Å². The molecule has 0 aliphatic heterocycles. The second-order valence-electron chi connectivity index (χ2n) is 3.82. The van der Waals surface area contributed by atoms with Gasteiger partial charge in [0.15, 0.2) is 0 Å². The Labute approximate surface area is 106 Å². The maximum Gasteiger partial charge on any atom is 0.122 e. The summed E-state index contributed by atoms with van der Waals surface area (Å²) in [6, 6.07) is 8.19. The molecule has 0 fully saturated rings. The standard InChI is InChI=1S/C13H19BrO2/c1-15-8-7-11(10-14)9-12-5-3-4-6-13(12)16-2/h3-6,11H,7-10H2,1-2H3. The van der Waals surface area contributed by atoms with E-state index in [1.807, 2.05) is 12.1 Å². The second kappa shape index (κ2) is 7.69. The Kier molecular flexibility index (Phi) is 6.50. The molecule has 0 N–H and O–H groups in total. The molecule has 1 rings (SSSR count). The van der Waals surface area contributed by atoms with Crippen molar-refractivity contribution in [1.82, 2.24) is 0 Å². The van der Waals surface area contributed by atoms with Crippen LogP contribution in [0.15, 0.2) is 24.3 Å². The first-order valence-corrected chi connectivity index (χ1v) is 6.60. The third kappa shape index (κ3) is 4.14. The van der Waals surface area contributed by atoms with Crippen molar-refractivity contribution in [3.05, 3.63) is 29.8 Å². The van der Waals surface area contributed by atoms with Gasteiger partial charge in [0.25, 0.3) is 0 Å². The molecule has 0 heterocycles. The highest BCUT2D eigenvalue weighted by molar-refractivity contribution is 9.09. The summed E-state index contributed by atoms with van der Waals surface area (Å²) in [7, 11) is 3.46. The molecule has 16 heavy (non-hydrogen) atoms. The molecular weight excluding hydrogens is 268 g/mol. The van der Waals surface area contributed by atoms with Crippen LogP contribution in [0.2, 0.25) is 0 Å². The number of hydrogen-bond acceptors (Lipinski definition) is 2. The molecule has 1 aromatic rings. The molecule has 1 unspecified atom stereocenters. The van der Waals surface area contributed by atoms with Crippen molar-refractivity contribution >= 4 is 15.9 Å². The monoisotopic (exact) mass is 286 g/mol. The van der Waals surface area contributed by atoms with Gasteiger partial charge in [0.1, 0.15) is 5.75 Å². The van der Waals surface area contributed by atoms with Crippen molar-refractivity contribution in [2.45, 2.75) is 12.8 Å². The molecule has 1 atom stereocenters. The Morgan fingerprint density at radius 1 is 1.25 bits per heavy atom. The molecule has 90 valence electrons. The van der Waals surface area contributed by atoms with Crippen LogP contribution in [0.1, 0.15) is 12.0 Å². The SMILES string of the molecule is COCCC(CBr)Cc1ccccc1OC. The second-order valence-corrected chi connectivity index (χ2v) is 4.47. The van der Waals surface area contributed by atoms with Crippen LogP contribution < -0.4 is 4.74 Å². The largest absolute Gasteiger partial charge is 0.496 e. The predicted octanol–water partition coefficient (Wildman–Crippen LogP) is 3.29. The number of hydrogen-bond donors (Lipinski definition) is 0. The average molecular weight is 287 g/mol. The van der Waals surface area contributed by atoms with E-state index < -0.39 is 0 Å². The topological polar surface area (TPSA) is 18.5 Å². The maximum absolute atomic E-state index is 5.35. The Bertz CT molecular complexity index is 302. The summed E-state index contributed by atoms with van der Waals surface area (Å²) in [6.07, 6.45) is 2.10. The maximum atomic E-state index is 5.35. The van der Waals surface area contributed by atoms with Crippen molar-refractivity contribution in [1.29, 1.82) is 0 Å². The van der Waals surface area contributed by atoms with E-state index in [4.69, 9.17) is 9.47 Å². The van der Waals surface area contributed by atoms with Gasteiger partial charge in [-0.15, -0.1) is 0 Å². The summed E-state index contributed by atoms with van der Waals surface area (Å²) in [6.45, 7) is 0.811. The zero-order valence-corrected chi connectivity index (χ0v) is 11.5. The van der Waals surface area contributed by atoms with Gasteiger partial charge in [0.05, 0.1) is 7.11 Å². The van der Waals surface area contributed by atoms with Crippen LogP contribution in [0.25, 0.3) is 0 Å². The average Bonchev–Trinajstić information content (AvgIpc) is 2.34. The summed E-state index contributed by atoms with van der Waals surface area (Å²) in [4.78, 5) is 0. The zero-order valence-electron chi connectivity index (χ0n) is 9.91. The Morgan fingerprint density at radius 3 is 2.62 bits per heavy atom. The molecule has 0 bridgehead atoms. The zero-order chi connectivity index (χ0) is 11.8.